The number of benzene rings is 2. The molecule has 6 heteroatoms. The van der Waals surface area contributed by atoms with E-state index in [4.69, 9.17) is 4.74 Å². The summed E-state index contributed by atoms with van der Waals surface area (Å²) in [4.78, 5) is 27.4. The third-order valence-corrected chi connectivity index (χ3v) is 5.96. The molecule has 2 aromatic rings. The van der Waals surface area contributed by atoms with Gasteiger partial charge in [0.25, 0.3) is 5.91 Å². The van der Waals surface area contributed by atoms with Crippen LogP contribution in [0.25, 0.3) is 0 Å². The van der Waals surface area contributed by atoms with E-state index in [0.29, 0.717) is 12.3 Å². The molecule has 0 bridgehead atoms. The van der Waals surface area contributed by atoms with Crippen LogP contribution in [0.15, 0.2) is 54.6 Å². The van der Waals surface area contributed by atoms with Crippen molar-refractivity contribution < 1.29 is 14.3 Å². The number of rotatable bonds is 8. The van der Waals surface area contributed by atoms with Gasteiger partial charge in [-0.25, -0.2) is 0 Å². The number of halogens is 1. The molecule has 1 aliphatic carbocycles. The Morgan fingerprint density at radius 3 is 2.41 bits per heavy atom. The smallest absolute Gasteiger partial charge is 0.261 e. The maximum Gasteiger partial charge on any atom is 0.261 e. The predicted molar refractivity (Wildman–Crippen MR) is 122 cm³/mol. The molecule has 2 aromatic carbocycles. The van der Waals surface area contributed by atoms with Crippen LogP contribution in [-0.2, 0) is 16.1 Å². The quantitative estimate of drug-likeness (QED) is 0.548. The fourth-order valence-corrected chi connectivity index (χ4v) is 3.87. The van der Waals surface area contributed by atoms with Crippen LogP contribution in [0.5, 0.6) is 5.75 Å². The minimum absolute atomic E-state index is 0.101. The average molecular weight is 506 g/mol. The lowest BCUT2D eigenvalue weighted by Gasteiger charge is -2.29. The zero-order valence-corrected chi connectivity index (χ0v) is 18.8. The van der Waals surface area contributed by atoms with E-state index in [1.54, 1.807) is 11.8 Å². The zero-order valence-electron chi connectivity index (χ0n) is 16.6. The minimum Gasteiger partial charge on any atom is -0.484 e. The molecule has 0 heterocycles. The molecule has 0 saturated heterocycles. The fraction of sp³-hybridized carbons (Fsp3) is 0.391. The highest BCUT2D eigenvalue weighted by Crippen LogP contribution is 2.19. The van der Waals surface area contributed by atoms with Crippen molar-refractivity contribution in [3.05, 3.63) is 63.7 Å². The molecule has 1 aliphatic rings. The van der Waals surface area contributed by atoms with Crippen molar-refractivity contribution in [1.82, 2.24) is 10.2 Å². The van der Waals surface area contributed by atoms with Crippen LogP contribution in [0, 0.1) is 3.57 Å². The Bertz CT molecular complexity index is 805. The number of carbonyl (C=O) groups excluding carboxylic acids is 2. The molecule has 1 N–H and O–H groups in total. The van der Waals surface area contributed by atoms with Gasteiger partial charge in [-0.3, -0.25) is 9.59 Å². The largest absolute Gasteiger partial charge is 0.484 e. The fourth-order valence-electron chi connectivity index (χ4n) is 3.51. The summed E-state index contributed by atoms with van der Waals surface area (Å²) in [5.74, 6) is 0.332. The second kappa shape index (κ2) is 10.6. The Kier molecular flexibility index (Phi) is 7.91. The average Bonchev–Trinajstić information content (AvgIpc) is 3.24. The predicted octanol–water partition coefficient (Wildman–Crippen LogP) is 4.15. The van der Waals surface area contributed by atoms with Gasteiger partial charge in [0.05, 0.1) is 0 Å². The topological polar surface area (TPSA) is 58.6 Å². The van der Waals surface area contributed by atoms with Crippen molar-refractivity contribution in [2.45, 2.75) is 51.2 Å². The van der Waals surface area contributed by atoms with E-state index in [-0.39, 0.29) is 24.5 Å². The maximum absolute atomic E-state index is 13.0. The van der Waals surface area contributed by atoms with E-state index in [2.05, 4.69) is 27.9 Å². The highest BCUT2D eigenvalue weighted by Gasteiger charge is 2.28. The third kappa shape index (κ3) is 6.45. The lowest BCUT2D eigenvalue weighted by molar-refractivity contribution is -0.142. The van der Waals surface area contributed by atoms with Gasteiger partial charge in [0.15, 0.2) is 6.61 Å². The van der Waals surface area contributed by atoms with Gasteiger partial charge in [0.1, 0.15) is 11.8 Å². The molecule has 1 unspecified atom stereocenters. The first kappa shape index (κ1) is 21.6. The molecule has 0 aliphatic heterocycles. The van der Waals surface area contributed by atoms with Crippen LogP contribution < -0.4 is 10.1 Å². The molecule has 1 atom stereocenters. The van der Waals surface area contributed by atoms with Crippen molar-refractivity contribution >= 4 is 34.4 Å². The van der Waals surface area contributed by atoms with Crippen molar-refractivity contribution in [2.75, 3.05) is 6.61 Å². The van der Waals surface area contributed by atoms with E-state index in [1.165, 1.54) is 0 Å². The zero-order chi connectivity index (χ0) is 20.6. The molecule has 0 radical (unpaired) electrons. The lowest BCUT2D eigenvalue weighted by Crippen LogP contribution is -2.50. The third-order valence-electron chi connectivity index (χ3n) is 5.24. The summed E-state index contributed by atoms with van der Waals surface area (Å²) in [6.45, 7) is 2.06. The van der Waals surface area contributed by atoms with Crippen molar-refractivity contribution in [1.29, 1.82) is 0 Å². The van der Waals surface area contributed by atoms with Crippen LogP contribution in [0.4, 0.5) is 0 Å². The number of ether oxygens (including phenoxy) is 1. The van der Waals surface area contributed by atoms with Crippen LogP contribution in [0.3, 0.4) is 0 Å². The second-order valence-electron chi connectivity index (χ2n) is 7.42. The van der Waals surface area contributed by atoms with Gasteiger partial charge in [-0.2, -0.15) is 0 Å². The van der Waals surface area contributed by atoms with E-state index >= 15 is 0 Å². The minimum atomic E-state index is -0.566. The van der Waals surface area contributed by atoms with E-state index in [0.717, 1.165) is 34.8 Å². The molecular weight excluding hydrogens is 479 g/mol. The number of amides is 2. The summed E-state index contributed by atoms with van der Waals surface area (Å²) >= 11 is 2.22. The maximum atomic E-state index is 13.0. The van der Waals surface area contributed by atoms with Gasteiger partial charge in [-0.05, 0) is 72.2 Å². The summed E-state index contributed by atoms with van der Waals surface area (Å²) in [7, 11) is 0. The lowest BCUT2D eigenvalue weighted by atomic mass is 10.1. The van der Waals surface area contributed by atoms with Crippen molar-refractivity contribution in [3.8, 4) is 5.75 Å². The molecule has 2 amide bonds. The Labute approximate surface area is 186 Å². The van der Waals surface area contributed by atoms with Gasteiger partial charge in [0, 0.05) is 16.2 Å². The first-order valence-electron chi connectivity index (χ1n) is 10.0. The summed E-state index contributed by atoms with van der Waals surface area (Å²) in [6.07, 6.45) is 4.33. The molecule has 5 nitrogen and oxygen atoms in total. The molecule has 29 heavy (non-hydrogen) atoms. The Hall–Kier alpha value is -2.09. The summed E-state index contributed by atoms with van der Waals surface area (Å²) < 4.78 is 6.78. The standard InChI is InChI=1S/C23H27IN2O3/c1-17(23(28)25-20-9-5-6-10-20)26(15-18-7-3-2-4-8-18)22(27)16-29-21-13-11-19(24)12-14-21/h2-4,7-8,11-14,17,20H,5-6,9-10,15-16H2,1H3,(H,25,28). The van der Waals surface area contributed by atoms with Crippen LogP contribution >= 0.6 is 22.6 Å². The van der Waals surface area contributed by atoms with Gasteiger partial charge in [-0.1, -0.05) is 43.2 Å². The molecule has 1 saturated carbocycles. The Balaban J connectivity index is 1.67. The first-order valence-corrected chi connectivity index (χ1v) is 11.1. The summed E-state index contributed by atoms with van der Waals surface area (Å²) in [5.41, 5.74) is 0.982. The van der Waals surface area contributed by atoms with E-state index in [9.17, 15) is 9.59 Å². The normalized spacial score (nSPS) is 15.0. The highest BCUT2D eigenvalue weighted by atomic mass is 127. The molecular formula is C23H27IN2O3. The van der Waals surface area contributed by atoms with Crippen molar-refractivity contribution in [2.24, 2.45) is 0 Å². The van der Waals surface area contributed by atoms with Crippen molar-refractivity contribution in [3.63, 3.8) is 0 Å². The number of hydrogen-bond acceptors (Lipinski definition) is 3. The monoisotopic (exact) mass is 506 g/mol. The molecule has 3 rings (SSSR count). The second-order valence-corrected chi connectivity index (χ2v) is 8.66. The highest BCUT2D eigenvalue weighted by molar-refractivity contribution is 14.1. The van der Waals surface area contributed by atoms with Gasteiger partial charge in [0.2, 0.25) is 5.91 Å². The van der Waals surface area contributed by atoms with Gasteiger partial charge >= 0.3 is 0 Å². The van der Waals surface area contributed by atoms with Gasteiger partial charge < -0.3 is 15.0 Å². The summed E-state index contributed by atoms with van der Waals surface area (Å²) in [5, 5.41) is 3.11. The SMILES string of the molecule is CC(C(=O)NC1CCCC1)N(Cc1ccccc1)C(=O)COc1ccc(I)cc1. The van der Waals surface area contributed by atoms with E-state index in [1.807, 2.05) is 54.6 Å². The first-order chi connectivity index (χ1) is 14.0. The van der Waals surface area contributed by atoms with E-state index < -0.39 is 6.04 Å². The van der Waals surface area contributed by atoms with Crippen LogP contribution in [-0.4, -0.2) is 35.4 Å². The number of carbonyl (C=O) groups is 2. The number of hydrogen-bond donors (Lipinski definition) is 1. The molecule has 154 valence electrons. The molecule has 0 aromatic heterocycles. The number of nitrogens with one attached hydrogen (secondary N) is 1. The Morgan fingerprint density at radius 1 is 1.10 bits per heavy atom. The Morgan fingerprint density at radius 2 is 1.76 bits per heavy atom. The number of nitrogens with zero attached hydrogens (tertiary/aromatic N) is 1. The van der Waals surface area contributed by atoms with Gasteiger partial charge in [-0.15, -0.1) is 0 Å². The van der Waals surface area contributed by atoms with Crippen LogP contribution in [0.2, 0.25) is 0 Å². The summed E-state index contributed by atoms with van der Waals surface area (Å²) in [6, 6.07) is 16.9. The molecule has 1 fully saturated rings. The van der Waals surface area contributed by atoms with Crippen LogP contribution in [0.1, 0.15) is 38.2 Å². The molecule has 0 spiro atoms.